The van der Waals surface area contributed by atoms with Crippen molar-refractivity contribution in [1.29, 1.82) is 0 Å². The quantitative estimate of drug-likeness (QED) is 0.153. The van der Waals surface area contributed by atoms with Crippen LogP contribution in [0.15, 0.2) is 238 Å². The van der Waals surface area contributed by atoms with Gasteiger partial charge in [-0.3, -0.25) is 0 Å². The Morgan fingerprint density at radius 1 is 0.275 bits per heavy atom. The van der Waals surface area contributed by atoms with Gasteiger partial charge in [0.1, 0.15) is 0 Å². The summed E-state index contributed by atoms with van der Waals surface area (Å²) in [6.45, 7) is 0. The van der Waals surface area contributed by atoms with Gasteiger partial charge in [-0.2, -0.15) is 0 Å². The molecule has 0 saturated heterocycles. The van der Waals surface area contributed by atoms with Crippen molar-refractivity contribution in [2.24, 2.45) is 0 Å². The van der Waals surface area contributed by atoms with E-state index in [4.69, 9.17) is 4.98 Å². The van der Waals surface area contributed by atoms with Gasteiger partial charge < -0.3 is 0 Å². The van der Waals surface area contributed by atoms with E-state index in [-0.39, 0.29) is 0 Å². The van der Waals surface area contributed by atoms with Crippen molar-refractivity contribution in [3.8, 4) is 57.6 Å². The van der Waals surface area contributed by atoms with E-state index in [2.05, 4.69) is 121 Å². The summed E-state index contributed by atoms with van der Waals surface area (Å²) in [5.74, 6) is 4.75. The number of hydrogen-bond acceptors (Lipinski definition) is 11. The molecule has 375 valence electrons. The molecule has 0 spiro atoms. The van der Waals surface area contributed by atoms with Crippen LogP contribution in [0, 0.1) is 0 Å². The van der Waals surface area contributed by atoms with Crippen molar-refractivity contribution in [3.05, 3.63) is 238 Å². The zero-order valence-electron chi connectivity index (χ0n) is 43.2. The van der Waals surface area contributed by atoms with Crippen LogP contribution in [-0.4, -0.2) is 165 Å². The van der Waals surface area contributed by atoms with Crippen LogP contribution < -0.4 is 0 Å². The summed E-state index contributed by atoms with van der Waals surface area (Å²) in [6, 6.07) is 56.8. The monoisotopic (exact) mass is 1320 g/mol. The van der Waals surface area contributed by atoms with Crippen LogP contribution in [-0.2, 0) is 0 Å². The molecule has 0 aliphatic carbocycles. The second kappa shape index (κ2) is 25.6. The number of hydrogen-bond donors (Lipinski definition) is 0. The molecular formula is C59H44Ga5N16. The molecule has 0 atom stereocenters. The van der Waals surface area contributed by atoms with Gasteiger partial charge in [-0.25, -0.2) is 0 Å². The summed E-state index contributed by atoms with van der Waals surface area (Å²) >= 11 is 5.10. The van der Waals surface area contributed by atoms with Crippen LogP contribution in [0.5, 0.6) is 0 Å². The van der Waals surface area contributed by atoms with Crippen LogP contribution in [0.2, 0.25) is 0 Å². The van der Waals surface area contributed by atoms with E-state index >= 15 is 0 Å². The molecule has 10 heterocycles. The SMILES string of the molecule is [GaH][n]1c(-c2ccccn2)nc2ccccc21.[GaH][n]1c(-c2nccc3ccccc23)nc2ccccc21.[GaH][n]1ccnc1-c1ccccn1.[GaH][n]1ccnc1-c1nccc2ccccc12.[GaH][n]1ccnc1-c1ncnc2ccccc12. The average molecular weight is 1330 g/mol. The third-order valence-electron chi connectivity index (χ3n) is 12.8. The van der Waals surface area contributed by atoms with Crippen molar-refractivity contribution in [2.75, 3.05) is 0 Å². The molecule has 10 aromatic heterocycles. The molecule has 0 fully saturated rings. The molecule has 21 heteroatoms. The number of para-hydroxylation sites is 5. The average Bonchev–Trinajstić information content (AvgIpc) is 4.38. The molecule has 0 bridgehead atoms. The van der Waals surface area contributed by atoms with Crippen molar-refractivity contribution < 1.29 is 0 Å². The van der Waals surface area contributed by atoms with E-state index < -0.39 is 0 Å². The number of aromatic nitrogens is 16. The molecule has 0 amide bonds. The van der Waals surface area contributed by atoms with E-state index in [0.717, 1.165) is 185 Å². The van der Waals surface area contributed by atoms with Crippen LogP contribution in [0.25, 0.3) is 112 Å². The van der Waals surface area contributed by atoms with Crippen molar-refractivity contribution >= 4 is 149 Å². The molecule has 16 nitrogen and oxygen atoms in total. The molecule has 15 aromatic rings. The first-order valence-corrected chi connectivity index (χ1v) is 31.7. The first-order chi connectivity index (χ1) is 39.3. The number of benzene rings is 5. The normalized spacial score (nSPS) is 10.8. The summed E-state index contributed by atoms with van der Waals surface area (Å²) < 4.78 is 10.7. The number of pyridine rings is 4. The van der Waals surface area contributed by atoms with Crippen LogP contribution in [0.3, 0.4) is 0 Å². The summed E-state index contributed by atoms with van der Waals surface area (Å²) in [7, 11) is 0. The predicted molar refractivity (Wildman–Crippen MR) is 325 cm³/mol. The van der Waals surface area contributed by atoms with Gasteiger partial charge >= 0.3 is 516 Å². The van der Waals surface area contributed by atoms with Crippen LogP contribution >= 0.6 is 0 Å². The first-order valence-electron chi connectivity index (χ1n) is 25.1. The van der Waals surface area contributed by atoms with Gasteiger partial charge in [-0.15, -0.1) is 0 Å². The Kier molecular flexibility index (Phi) is 17.4. The van der Waals surface area contributed by atoms with E-state index in [1.807, 2.05) is 152 Å². The van der Waals surface area contributed by atoms with Gasteiger partial charge in [0, 0.05) is 0 Å². The fourth-order valence-electron chi connectivity index (χ4n) is 8.89. The molecule has 5 radical (unpaired) electrons. The molecule has 80 heavy (non-hydrogen) atoms. The van der Waals surface area contributed by atoms with E-state index in [0.29, 0.717) is 0 Å². The van der Waals surface area contributed by atoms with Crippen LogP contribution in [0.1, 0.15) is 0 Å². The fourth-order valence-corrected chi connectivity index (χ4v) is 13.0. The Morgan fingerprint density at radius 2 is 0.688 bits per heavy atom. The molecule has 5 aromatic carbocycles. The van der Waals surface area contributed by atoms with Gasteiger partial charge in [0.25, 0.3) is 0 Å². The van der Waals surface area contributed by atoms with Gasteiger partial charge in [0.05, 0.1) is 0 Å². The molecule has 0 N–H and O–H groups in total. The van der Waals surface area contributed by atoms with Crippen LogP contribution in [0.4, 0.5) is 0 Å². The fraction of sp³-hybridized carbons (Fsp3) is 0. The second-order valence-corrected chi connectivity index (χ2v) is 24.7. The molecule has 0 saturated carbocycles. The minimum atomic E-state index is 0.904. The molecule has 15 rings (SSSR count). The Morgan fingerprint density at radius 3 is 1.19 bits per heavy atom. The number of fused-ring (bicyclic) bond motifs is 5. The maximum atomic E-state index is 4.76. The van der Waals surface area contributed by atoms with Gasteiger partial charge in [-0.05, 0) is 0 Å². The zero-order chi connectivity index (χ0) is 54.8. The number of nitrogens with zero attached hydrogens (tertiary/aromatic N) is 16. The molecule has 0 unspecified atom stereocenters. The minimum absolute atomic E-state index is 0.904. The summed E-state index contributed by atoms with van der Waals surface area (Å²) in [5.41, 5.74) is 10.1. The van der Waals surface area contributed by atoms with E-state index in [1.54, 1.807) is 31.1 Å². The Balaban J connectivity index is 0.000000106. The van der Waals surface area contributed by atoms with Crippen molar-refractivity contribution in [3.63, 3.8) is 0 Å². The molecular weight excluding hydrogens is 1280 g/mol. The number of rotatable bonds is 5. The van der Waals surface area contributed by atoms with Gasteiger partial charge in [-0.1, -0.05) is 0 Å². The Hall–Kier alpha value is -7.69. The third-order valence-corrected chi connectivity index (χ3v) is 18.7. The standard InChI is InChI=1S/C16H10N3.2C12H8N3.C11H7N4.C8H6N3.5Ga.5H/c1-2-6-12-11(5-1)9-10-17-15(12)16-18-13-7-3-4-8-14(13)19-16;1-2-6-10-9(5-1)14-12(15-10)11-7-3-4-8-13-11;1-2-4-10-9(3-1)5-6-13-11(10)12-14-7-8-15-12;1-2-4-9-8(3-1)10(15-7-14-9)11-12-5-6-13-11;1-2-4-9-7(3-1)8-10-5-6-11-8;;;;;;;;;;/h1-10H;2*1-8H;1-7H;1-6H;;;;;;;;;;/q5*-1;5*+1;;;;;. The summed E-state index contributed by atoms with van der Waals surface area (Å²) in [6.07, 6.45) is 20.2. The van der Waals surface area contributed by atoms with Gasteiger partial charge in [0.2, 0.25) is 0 Å². The van der Waals surface area contributed by atoms with Crippen molar-refractivity contribution in [2.45, 2.75) is 0 Å². The third kappa shape index (κ3) is 12.1. The Bertz CT molecular complexity index is 4410. The summed E-state index contributed by atoms with van der Waals surface area (Å²) in [5, 5.41) is 5.76. The van der Waals surface area contributed by atoms with Gasteiger partial charge in [0.15, 0.2) is 0 Å². The second-order valence-electron chi connectivity index (χ2n) is 17.8. The first kappa shape index (κ1) is 54.3. The van der Waals surface area contributed by atoms with Crippen molar-refractivity contribution in [1.82, 2.24) is 71.2 Å². The van der Waals surface area contributed by atoms with E-state index in [1.165, 1.54) is 21.8 Å². The zero-order valence-corrected chi connectivity index (χ0v) is 58.0. The summed E-state index contributed by atoms with van der Waals surface area (Å²) in [4.78, 5) is 48.5. The molecule has 0 aliphatic heterocycles. The molecule has 0 aliphatic rings. The Labute approximate surface area is 510 Å². The van der Waals surface area contributed by atoms with E-state index in [9.17, 15) is 0 Å². The topological polar surface area (TPSA) is 166 Å². The number of imidazole rings is 5. The maximum absolute atomic E-state index is 4.76. The predicted octanol–water partition coefficient (Wildman–Crippen LogP) is 8.21.